The smallest absolute Gasteiger partial charge is 0.240 e. The summed E-state index contributed by atoms with van der Waals surface area (Å²) in [4.78, 5) is 58.8. The second kappa shape index (κ2) is 12.6. The molecule has 5 rings (SSSR count). The van der Waals surface area contributed by atoms with E-state index < -0.39 is 10.5 Å². The van der Waals surface area contributed by atoms with Crippen LogP contribution < -0.4 is 21.3 Å². The van der Waals surface area contributed by atoms with E-state index in [1.165, 1.54) is 23.5 Å². The van der Waals surface area contributed by atoms with Crippen LogP contribution in [0.3, 0.4) is 0 Å². The van der Waals surface area contributed by atoms with Gasteiger partial charge in [-0.05, 0) is 42.5 Å². The Kier molecular flexibility index (Phi) is 8.57. The highest BCUT2D eigenvalue weighted by atomic mass is 32.2. The van der Waals surface area contributed by atoms with E-state index in [0.717, 1.165) is 0 Å². The van der Waals surface area contributed by atoms with Crippen molar-refractivity contribution in [3.63, 3.8) is 0 Å². The van der Waals surface area contributed by atoms with Crippen LogP contribution in [-0.2, 0) is 19.2 Å². The Morgan fingerprint density at radius 2 is 1.07 bits per heavy atom. The number of aliphatic imine (C=N–C) groups is 2. The Labute approximate surface area is 238 Å². The van der Waals surface area contributed by atoms with Gasteiger partial charge in [0, 0.05) is 24.2 Å². The quantitative estimate of drug-likeness (QED) is 0.319. The third kappa shape index (κ3) is 7.36. The van der Waals surface area contributed by atoms with Crippen LogP contribution in [0.5, 0.6) is 0 Å². The van der Waals surface area contributed by atoms with Crippen LogP contribution >= 0.6 is 23.5 Å². The fraction of sp³-hybridized carbons (Fsp3) is 0.143. The Balaban J connectivity index is 1.12. The number of nitrogens with one attached hydrogen (secondary N) is 4. The number of carbonyl (C=O) groups is 4. The first-order valence-corrected chi connectivity index (χ1v) is 14.1. The highest BCUT2D eigenvalue weighted by molar-refractivity contribution is 8.16. The summed E-state index contributed by atoms with van der Waals surface area (Å²) in [5, 5.41) is 10.7. The van der Waals surface area contributed by atoms with E-state index in [9.17, 15) is 19.2 Å². The van der Waals surface area contributed by atoms with Crippen molar-refractivity contribution in [1.29, 1.82) is 0 Å². The molecular weight excluding hydrogens is 548 g/mol. The highest BCUT2D eigenvalue weighted by Crippen LogP contribution is 2.27. The first-order chi connectivity index (χ1) is 19.4. The number of rotatable bonds is 8. The van der Waals surface area contributed by atoms with Crippen molar-refractivity contribution in [3.05, 3.63) is 84.9 Å². The largest absolute Gasteiger partial charge is 0.326 e. The normalized spacial score (nSPS) is 20.3. The zero-order valence-corrected chi connectivity index (χ0v) is 22.6. The van der Waals surface area contributed by atoms with E-state index in [4.69, 9.17) is 0 Å². The van der Waals surface area contributed by atoms with Crippen LogP contribution in [0.4, 0.5) is 22.7 Å². The van der Waals surface area contributed by atoms with Gasteiger partial charge < -0.3 is 21.3 Å². The van der Waals surface area contributed by atoms with Gasteiger partial charge in [-0.1, -0.05) is 66.0 Å². The number of amidine groups is 2. The van der Waals surface area contributed by atoms with Gasteiger partial charge in [0.15, 0.2) is 10.3 Å². The molecule has 0 unspecified atom stereocenters. The molecular formula is C28H24N6O4S2. The molecule has 40 heavy (non-hydrogen) atoms. The van der Waals surface area contributed by atoms with Gasteiger partial charge in [-0.2, -0.15) is 0 Å². The summed E-state index contributed by atoms with van der Waals surface area (Å²) in [5.74, 6) is -1.24. The number of carbonyl (C=O) groups excluding carboxylic acids is 4. The van der Waals surface area contributed by atoms with Gasteiger partial charge in [0.1, 0.15) is 10.5 Å². The molecule has 12 heteroatoms. The number of hydrogen-bond acceptors (Lipinski definition) is 8. The van der Waals surface area contributed by atoms with Crippen LogP contribution in [-0.4, -0.2) is 44.5 Å². The van der Waals surface area contributed by atoms with Gasteiger partial charge in [0.05, 0.1) is 11.4 Å². The molecule has 2 atom stereocenters. The number of anilines is 2. The van der Waals surface area contributed by atoms with Gasteiger partial charge >= 0.3 is 0 Å². The second-order valence-corrected chi connectivity index (χ2v) is 11.2. The number of para-hydroxylation sites is 2. The molecule has 2 fully saturated rings. The molecule has 2 aliphatic heterocycles. The average Bonchev–Trinajstić information content (AvgIpc) is 3.45. The number of amides is 4. The summed E-state index contributed by atoms with van der Waals surface area (Å²) >= 11 is 2.42. The van der Waals surface area contributed by atoms with Crippen LogP contribution in [0.25, 0.3) is 0 Å². The molecule has 0 spiro atoms. The summed E-state index contributed by atoms with van der Waals surface area (Å²) in [6.45, 7) is 0. The van der Waals surface area contributed by atoms with Crippen molar-refractivity contribution in [2.75, 3.05) is 10.6 Å². The van der Waals surface area contributed by atoms with E-state index in [1.807, 2.05) is 60.7 Å². The van der Waals surface area contributed by atoms with Crippen molar-refractivity contribution < 1.29 is 19.2 Å². The fourth-order valence-electron chi connectivity index (χ4n) is 3.86. The lowest BCUT2D eigenvalue weighted by molar-refractivity contribution is -0.122. The second-order valence-electron chi connectivity index (χ2n) is 8.78. The zero-order chi connectivity index (χ0) is 27.9. The van der Waals surface area contributed by atoms with Gasteiger partial charge in [-0.15, -0.1) is 0 Å². The molecule has 2 saturated heterocycles. The average molecular weight is 573 g/mol. The summed E-state index contributed by atoms with van der Waals surface area (Å²) in [6.07, 6.45) is -0.0798. The predicted octanol–water partition coefficient (Wildman–Crippen LogP) is 4.18. The van der Waals surface area contributed by atoms with Crippen molar-refractivity contribution in [2.45, 2.75) is 23.3 Å². The molecule has 0 radical (unpaired) electrons. The minimum absolute atomic E-state index is 0.0399. The fourth-order valence-corrected chi connectivity index (χ4v) is 5.84. The van der Waals surface area contributed by atoms with E-state index in [0.29, 0.717) is 33.1 Å². The third-order valence-electron chi connectivity index (χ3n) is 5.70. The summed E-state index contributed by atoms with van der Waals surface area (Å²) in [6, 6.07) is 25.1. The maximum absolute atomic E-state index is 12.7. The van der Waals surface area contributed by atoms with Crippen LogP contribution in [0.2, 0.25) is 0 Å². The molecule has 4 amide bonds. The highest BCUT2D eigenvalue weighted by Gasteiger charge is 2.33. The monoisotopic (exact) mass is 572 g/mol. The molecule has 0 bridgehead atoms. The molecule has 0 saturated carbocycles. The molecule has 3 aromatic rings. The lowest BCUT2D eigenvalue weighted by Gasteiger charge is -2.11. The molecule has 2 heterocycles. The predicted molar refractivity (Wildman–Crippen MR) is 159 cm³/mol. The number of nitrogens with zero attached hydrogens (tertiary/aromatic N) is 2. The van der Waals surface area contributed by atoms with Gasteiger partial charge in [-0.3, -0.25) is 19.2 Å². The van der Waals surface area contributed by atoms with Gasteiger partial charge in [0.2, 0.25) is 23.6 Å². The van der Waals surface area contributed by atoms with Gasteiger partial charge in [-0.25, -0.2) is 9.98 Å². The van der Waals surface area contributed by atoms with Crippen LogP contribution in [0.15, 0.2) is 94.9 Å². The molecule has 0 aliphatic carbocycles. The SMILES string of the molecule is O=C(C[C@@H]1SC(=Nc2ccccc2)NC1=O)Nc1cccc(NC(=O)C[C@H]2SC(=Nc3ccccc3)NC2=O)c1. The molecule has 2 aliphatic rings. The van der Waals surface area contributed by atoms with Crippen molar-refractivity contribution in [3.8, 4) is 0 Å². The Bertz CT molecular complexity index is 1390. The molecule has 3 aromatic carbocycles. The Morgan fingerprint density at radius 1 is 0.650 bits per heavy atom. The molecule has 0 aromatic heterocycles. The molecule has 4 N–H and O–H groups in total. The summed E-state index contributed by atoms with van der Waals surface area (Å²) < 4.78 is 0. The lowest BCUT2D eigenvalue weighted by Crippen LogP contribution is -2.28. The molecule has 202 valence electrons. The first-order valence-electron chi connectivity index (χ1n) is 12.3. The Morgan fingerprint density at radius 3 is 1.50 bits per heavy atom. The van der Waals surface area contributed by atoms with Crippen molar-refractivity contribution >= 4 is 80.2 Å². The van der Waals surface area contributed by atoms with E-state index in [1.54, 1.807) is 24.3 Å². The van der Waals surface area contributed by atoms with Crippen LogP contribution in [0, 0.1) is 0 Å². The maximum Gasteiger partial charge on any atom is 0.240 e. The number of hydrogen-bond donors (Lipinski definition) is 4. The molecule has 10 nitrogen and oxygen atoms in total. The lowest BCUT2D eigenvalue weighted by atomic mass is 10.2. The number of benzene rings is 3. The topological polar surface area (TPSA) is 141 Å². The zero-order valence-electron chi connectivity index (χ0n) is 21.0. The Hall–Kier alpha value is -4.42. The maximum atomic E-state index is 12.7. The summed E-state index contributed by atoms with van der Waals surface area (Å²) in [7, 11) is 0. The first kappa shape index (κ1) is 27.2. The minimum Gasteiger partial charge on any atom is -0.326 e. The number of thioether (sulfide) groups is 2. The summed E-state index contributed by atoms with van der Waals surface area (Å²) in [5.41, 5.74) is 2.36. The van der Waals surface area contributed by atoms with E-state index in [2.05, 4.69) is 31.3 Å². The van der Waals surface area contributed by atoms with E-state index in [-0.39, 0.29) is 36.5 Å². The van der Waals surface area contributed by atoms with E-state index >= 15 is 0 Å². The van der Waals surface area contributed by atoms with Crippen molar-refractivity contribution in [2.24, 2.45) is 9.98 Å². The standard InChI is InChI=1S/C28H24N6O4S2/c35-23(15-21-25(37)33-27(39-21)31-17-8-3-1-4-9-17)29-19-12-7-13-20(14-19)30-24(36)16-22-26(38)34-28(40-22)32-18-10-5-2-6-11-18/h1-14,21-22H,15-16H2,(H,29,35)(H,30,36)(H,31,33,37)(H,32,34,38)/t21-,22+. The minimum atomic E-state index is -0.601. The van der Waals surface area contributed by atoms with Crippen LogP contribution in [0.1, 0.15) is 12.8 Å². The van der Waals surface area contributed by atoms with Gasteiger partial charge in [0.25, 0.3) is 0 Å². The third-order valence-corrected chi connectivity index (χ3v) is 7.86. The van der Waals surface area contributed by atoms with Crippen molar-refractivity contribution in [1.82, 2.24) is 10.6 Å².